The Morgan fingerprint density at radius 2 is 1.80 bits per heavy atom. The first-order chi connectivity index (χ1) is 12.1. The third-order valence-electron chi connectivity index (χ3n) is 4.58. The Morgan fingerprint density at radius 3 is 2.44 bits per heavy atom. The first kappa shape index (κ1) is 15.8. The molecule has 0 bridgehead atoms. The van der Waals surface area contributed by atoms with Gasteiger partial charge in [0.2, 0.25) is 0 Å². The second kappa shape index (κ2) is 6.33. The number of pyridine rings is 1. The fraction of sp³-hybridized carbons (Fsp3) is 0.200. The molecule has 1 aliphatic heterocycles. The summed E-state index contributed by atoms with van der Waals surface area (Å²) in [5, 5.41) is 4.19. The highest BCUT2D eigenvalue weighted by Gasteiger charge is 2.41. The molecular weight excluding hydrogens is 328 g/mol. The van der Waals surface area contributed by atoms with Crippen molar-refractivity contribution >= 4 is 23.0 Å². The van der Waals surface area contributed by atoms with Crippen LogP contribution in [0.4, 0.5) is 5.69 Å². The van der Waals surface area contributed by atoms with E-state index in [4.69, 9.17) is 12.2 Å². The molecule has 1 fully saturated rings. The topological polar surface area (TPSA) is 44.0 Å². The molecule has 5 heteroatoms. The molecule has 3 aromatic rings. The average Bonchev–Trinajstić information content (AvgIpc) is 3.20. The molecule has 0 amide bonds. The summed E-state index contributed by atoms with van der Waals surface area (Å²) in [6.45, 7) is 4.16. The van der Waals surface area contributed by atoms with E-state index in [2.05, 4.69) is 70.4 Å². The number of rotatable bonds is 3. The van der Waals surface area contributed by atoms with Gasteiger partial charge >= 0.3 is 0 Å². The lowest BCUT2D eigenvalue weighted by atomic mass is 10.0. The number of benzene rings is 1. The maximum absolute atomic E-state index is 5.69. The number of nitrogens with one attached hydrogen (secondary N) is 2. The van der Waals surface area contributed by atoms with E-state index in [1.165, 1.54) is 5.56 Å². The van der Waals surface area contributed by atoms with Gasteiger partial charge in [0.1, 0.15) is 6.04 Å². The van der Waals surface area contributed by atoms with Gasteiger partial charge in [-0.15, -0.1) is 0 Å². The van der Waals surface area contributed by atoms with Gasteiger partial charge in [0.25, 0.3) is 0 Å². The number of nitrogens with zero attached hydrogens (tertiary/aromatic N) is 2. The number of hydrogen-bond acceptors (Lipinski definition) is 2. The number of hydrogen-bond donors (Lipinski definition) is 2. The molecule has 2 N–H and O–H groups in total. The third-order valence-corrected chi connectivity index (χ3v) is 4.90. The normalized spacial score (nSPS) is 19.9. The van der Waals surface area contributed by atoms with E-state index >= 15 is 0 Å². The van der Waals surface area contributed by atoms with Gasteiger partial charge in [0, 0.05) is 23.3 Å². The van der Waals surface area contributed by atoms with Gasteiger partial charge in [0.15, 0.2) is 5.11 Å². The maximum atomic E-state index is 5.69. The van der Waals surface area contributed by atoms with E-state index in [-0.39, 0.29) is 12.1 Å². The van der Waals surface area contributed by atoms with Gasteiger partial charge in [-0.05, 0) is 62.5 Å². The van der Waals surface area contributed by atoms with Gasteiger partial charge in [0.05, 0.1) is 11.7 Å². The fourth-order valence-corrected chi connectivity index (χ4v) is 3.70. The van der Waals surface area contributed by atoms with Crippen LogP contribution in [-0.4, -0.2) is 15.1 Å². The monoisotopic (exact) mass is 348 g/mol. The van der Waals surface area contributed by atoms with E-state index < -0.39 is 0 Å². The SMILES string of the molecule is Cc1ccc(N2C(=S)N[C@@H](c3ccccn3)[C@@H]2c2ccc(C)[nH]2)cc1. The van der Waals surface area contributed by atoms with Crippen molar-refractivity contribution in [3.63, 3.8) is 0 Å². The molecule has 0 unspecified atom stereocenters. The molecule has 3 heterocycles. The Bertz CT molecular complexity index is 886. The fourth-order valence-electron chi connectivity index (χ4n) is 3.35. The highest BCUT2D eigenvalue weighted by Crippen LogP contribution is 2.40. The minimum absolute atomic E-state index is 0.00643. The first-order valence-corrected chi connectivity index (χ1v) is 8.77. The number of H-pyrrole nitrogens is 1. The molecule has 1 saturated heterocycles. The predicted octanol–water partition coefficient (Wildman–Crippen LogP) is 4.20. The Balaban J connectivity index is 1.81. The largest absolute Gasteiger partial charge is 0.361 e. The van der Waals surface area contributed by atoms with Crippen LogP contribution < -0.4 is 10.2 Å². The van der Waals surface area contributed by atoms with Crippen LogP contribution in [0.25, 0.3) is 0 Å². The minimum atomic E-state index is -0.00643. The van der Waals surface area contributed by atoms with Crippen LogP contribution in [0.1, 0.15) is 34.7 Å². The Hall–Kier alpha value is -2.66. The molecular formula is C20H20N4S. The first-order valence-electron chi connectivity index (χ1n) is 8.36. The summed E-state index contributed by atoms with van der Waals surface area (Å²) >= 11 is 5.69. The van der Waals surface area contributed by atoms with E-state index in [1.807, 2.05) is 24.4 Å². The van der Waals surface area contributed by atoms with Crippen molar-refractivity contribution < 1.29 is 0 Å². The molecule has 4 rings (SSSR count). The summed E-state index contributed by atoms with van der Waals surface area (Å²) in [5.74, 6) is 0. The van der Waals surface area contributed by atoms with Crippen molar-refractivity contribution in [2.45, 2.75) is 25.9 Å². The van der Waals surface area contributed by atoms with Crippen LogP contribution in [0.2, 0.25) is 0 Å². The second-order valence-corrected chi connectivity index (χ2v) is 6.82. The van der Waals surface area contributed by atoms with Gasteiger partial charge in [-0.2, -0.15) is 0 Å². The molecule has 2 atom stereocenters. The van der Waals surface area contributed by atoms with Crippen LogP contribution in [0.3, 0.4) is 0 Å². The second-order valence-electron chi connectivity index (χ2n) is 6.43. The molecule has 126 valence electrons. The number of aryl methyl sites for hydroxylation is 2. The third kappa shape index (κ3) is 2.91. The summed E-state index contributed by atoms with van der Waals surface area (Å²) in [4.78, 5) is 10.2. The van der Waals surface area contributed by atoms with E-state index in [1.54, 1.807) is 0 Å². The van der Waals surface area contributed by atoms with Crippen molar-refractivity contribution in [2.75, 3.05) is 4.90 Å². The van der Waals surface area contributed by atoms with Crippen molar-refractivity contribution in [3.05, 3.63) is 83.4 Å². The van der Waals surface area contributed by atoms with Crippen molar-refractivity contribution in [1.82, 2.24) is 15.3 Å². The van der Waals surface area contributed by atoms with Crippen molar-refractivity contribution in [1.29, 1.82) is 0 Å². The molecule has 25 heavy (non-hydrogen) atoms. The average molecular weight is 348 g/mol. The lowest BCUT2D eigenvalue weighted by Crippen LogP contribution is -2.29. The van der Waals surface area contributed by atoms with Gasteiger partial charge in [-0.3, -0.25) is 4.98 Å². The minimum Gasteiger partial charge on any atom is -0.361 e. The summed E-state index contributed by atoms with van der Waals surface area (Å²) in [6, 6.07) is 18.7. The quantitative estimate of drug-likeness (QED) is 0.696. The molecule has 1 aliphatic rings. The number of anilines is 1. The molecule has 0 saturated carbocycles. The number of aromatic amines is 1. The maximum Gasteiger partial charge on any atom is 0.174 e. The van der Waals surface area contributed by atoms with Crippen LogP contribution in [0.5, 0.6) is 0 Å². The smallest absolute Gasteiger partial charge is 0.174 e. The highest BCUT2D eigenvalue weighted by molar-refractivity contribution is 7.80. The summed E-state index contributed by atoms with van der Waals surface area (Å²) < 4.78 is 0. The highest BCUT2D eigenvalue weighted by atomic mass is 32.1. The molecule has 0 aliphatic carbocycles. The van der Waals surface area contributed by atoms with E-state index in [9.17, 15) is 0 Å². The molecule has 4 nitrogen and oxygen atoms in total. The lowest BCUT2D eigenvalue weighted by Gasteiger charge is -2.27. The zero-order valence-electron chi connectivity index (χ0n) is 14.2. The Kier molecular flexibility index (Phi) is 4.01. The van der Waals surface area contributed by atoms with Gasteiger partial charge < -0.3 is 15.2 Å². The summed E-state index contributed by atoms with van der Waals surface area (Å²) in [7, 11) is 0. The summed E-state index contributed by atoms with van der Waals surface area (Å²) in [6.07, 6.45) is 1.83. The molecule has 0 spiro atoms. The van der Waals surface area contributed by atoms with E-state index in [0.29, 0.717) is 0 Å². The molecule has 0 radical (unpaired) electrons. The van der Waals surface area contributed by atoms with Crippen LogP contribution in [0.15, 0.2) is 60.8 Å². The van der Waals surface area contributed by atoms with Crippen LogP contribution >= 0.6 is 12.2 Å². The Labute approximate surface area is 152 Å². The van der Waals surface area contributed by atoms with Gasteiger partial charge in [-0.1, -0.05) is 23.8 Å². The summed E-state index contributed by atoms with van der Waals surface area (Å²) in [5.41, 5.74) is 5.56. The molecule has 1 aromatic carbocycles. The van der Waals surface area contributed by atoms with Gasteiger partial charge in [-0.25, -0.2) is 0 Å². The number of aromatic nitrogens is 2. The lowest BCUT2D eigenvalue weighted by molar-refractivity contribution is 0.558. The Morgan fingerprint density at radius 1 is 1.00 bits per heavy atom. The number of thiocarbonyl (C=S) groups is 1. The zero-order chi connectivity index (χ0) is 17.4. The van der Waals surface area contributed by atoms with Crippen molar-refractivity contribution in [3.8, 4) is 0 Å². The van der Waals surface area contributed by atoms with E-state index in [0.717, 1.165) is 27.9 Å². The van der Waals surface area contributed by atoms with Crippen molar-refractivity contribution in [2.24, 2.45) is 0 Å². The molecule has 2 aromatic heterocycles. The van der Waals surface area contributed by atoms with Crippen LogP contribution in [0, 0.1) is 13.8 Å². The van der Waals surface area contributed by atoms with Crippen LogP contribution in [-0.2, 0) is 0 Å². The standard InChI is InChI=1S/C20H20N4S/c1-13-6-9-15(10-7-13)24-19(17-11-8-14(2)22-17)18(23-20(24)25)16-5-3-4-12-21-16/h3-12,18-19,22H,1-2H3,(H,23,25)/t18-,19-/m0/s1. The predicted molar refractivity (Wildman–Crippen MR) is 105 cm³/mol. The zero-order valence-corrected chi connectivity index (χ0v) is 15.0.